The van der Waals surface area contributed by atoms with Gasteiger partial charge >= 0.3 is 0 Å². The smallest absolute Gasteiger partial charge is 0.187 e. The van der Waals surface area contributed by atoms with Crippen molar-refractivity contribution in [3.63, 3.8) is 0 Å². The SMILES string of the molecule is C#CCO[C@@H]1[C@@H](OCC#C)[C@@H]2OC[C@@H](O2)[C@H]1OCC#C. The van der Waals surface area contributed by atoms with Crippen LogP contribution in [0.1, 0.15) is 0 Å². The first-order valence-electron chi connectivity index (χ1n) is 6.24. The molecular weight excluding hydrogens is 260 g/mol. The van der Waals surface area contributed by atoms with E-state index in [1.54, 1.807) is 0 Å². The van der Waals surface area contributed by atoms with E-state index >= 15 is 0 Å². The van der Waals surface area contributed by atoms with Crippen LogP contribution in [0, 0.1) is 37.0 Å². The topological polar surface area (TPSA) is 46.2 Å². The van der Waals surface area contributed by atoms with Crippen LogP contribution in [0.25, 0.3) is 0 Å². The van der Waals surface area contributed by atoms with Gasteiger partial charge in [0.2, 0.25) is 0 Å². The molecule has 2 aliphatic heterocycles. The van der Waals surface area contributed by atoms with Gasteiger partial charge in [0.15, 0.2) is 6.29 Å². The maximum absolute atomic E-state index is 5.69. The molecule has 0 saturated carbocycles. The monoisotopic (exact) mass is 276 g/mol. The average molecular weight is 276 g/mol. The summed E-state index contributed by atoms with van der Waals surface area (Å²) in [5.74, 6) is 7.25. The van der Waals surface area contributed by atoms with E-state index in [-0.39, 0.29) is 25.9 Å². The van der Waals surface area contributed by atoms with Crippen molar-refractivity contribution in [2.75, 3.05) is 26.4 Å². The molecule has 2 saturated heterocycles. The van der Waals surface area contributed by atoms with E-state index in [4.69, 9.17) is 43.0 Å². The lowest BCUT2D eigenvalue weighted by Crippen LogP contribution is -2.57. The van der Waals surface area contributed by atoms with Gasteiger partial charge in [-0.25, -0.2) is 0 Å². The van der Waals surface area contributed by atoms with Gasteiger partial charge in [0, 0.05) is 0 Å². The Bertz CT molecular complexity index is 409. The van der Waals surface area contributed by atoms with Crippen LogP contribution in [0.15, 0.2) is 0 Å². The molecule has 5 nitrogen and oxygen atoms in total. The van der Waals surface area contributed by atoms with E-state index in [1.807, 2.05) is 0 Å². The summed E-state index contributed by atoms with van der Waals surface area (Å²) in [5, 5.41) is 0. The van der Waals surface area contributed by atoms with Crippen molar-refractivity contribution < 1.29 is 23.7 Å². The maximum atomic E-state index is 5.69. The van der Waals surface area contributed by atoms with Gasteiger partial charge in [-0.05, 0) is 0 Å². The molecule has 0 aromatic heterocycles. The lowest BCUT2D eigenvalue weighted by atomic mass is 10.0. The van der Waals surface area contributed by atoms with Gasteiger partial charge in [-0.1, -0.05) is 17.8 Å². The molecule has 106 valence electrons. The lowest BCUT2D eigenvalue weighted by Gasteiger charge is -2.39. The molecule has 20 heavy (non-hydrogen) atoms. The summed E-state index contributed by atoms with van der Waals surface area (Å²) in [6, 6.07) is 0. The van der Waals surface area contributed by atoms with Crippen LogP contribution in [0.5, 0.6) is 0 Å². The fourth-order valence-corrected chi connectivity index (χ4v) is 2.34. The fraction of sp³-hybridized carbons (Fsp3) is 0.600. The predicted octanol–water partition coefficient (Wildman–Crippen LogP) is -0.203. The Kier molecular flexibility index (Phi) is 5.44. The summed E-state index contributed by atoms with van der Waals surface area (Å²) in [7, 11) is 0. The molecular formula is C15H16O5. The van der Waals surface area contributed by atoms with E-state index in [2.05, 4.69) is 17.8 Å². The largest absolute Gasteiger partial charge is 0.360 e. The third-order valence-corrected chi connectivity index (χ3v) is 3.09. The molecule has 2 bridgehead atoms. The Hall–Kier alpha value is -1.52. The first kappa shape index (κ1) is 14.9. The van der Waals surface area contributed by atoms with Crippen LogP contribution in [-0.2, 0) is 23.7 Å². The lowest BCUT2D eigenvalue weighted by molar-refractivity contribution is -0.255. The number of ether oxygens (including phenoxy) is 5. The van der Waals surface area contributed by atoms with Crippen LogP contribution in [0.2, 0.25) is 0 Å². The highest BCUT2D eigenvalue weighted by atomic mass is 16.8. The standard InChI is InChI=1S/C15H16O5/c1-4-7-16-12-11-10-19-15(20-11)14(18-9-6-3)13(12)17-8-5-2/h1-3,11-15H,7-10H2/t11-,12-,13+,14-,15-/m1/s1. The molecule has 2 heterocycles. The van der Waals surface area contributed by atoms with Crippen molar-refractivity contribution in [1.29, 1.82) is 0 Å². The summed E-state index contributed by atoms with van der Waals surface area (Å²) < 4.78 is 28.0. The van der Waals surface area contributed by atoms with Gasteiger partial charge in [0.1, 0.15) is 44.2 Å². The van der Waals surface area contributed by atoms with Crippen LogP contribution in [0.3, 0.4) is 0 Å². The zero-order chi connectivity index (χ0) is 14.4. The number of fused-ring (bicyclic) bond motifs is 2. The van der Waals surface area contributed by atoms with Gasteiger partial charge in [0.05, 0.1) is 6.61 Å². The van der Waals surface area contributed by atoms with Gasteiger partial charge in [-0.15, -0.1) is 19.3 Å². The molecule has 0 N–H and O–H groups in total. The predicted molar refractivity (Wildman–Crippen MR) is 70.3 cm³/mol. The Balaban J connectivity index is 2.12. The molecule has 0 amide bonds. The number of terminal acetylenes is 3. The van der Waals surface area contributed by atoms with Crippen LogP contribution >= 0.6 is 0 Å². The van der Waals surface area contributed by atoms with E-state index in [0.717, 1.165) is 0 Å². The second-order valence-electron chi connectivity index (χ2n) is 4.32. The van der Waals surface area contributed by atoms with Crippen LogP contribution in [-0.4, -0.2) is 57.1 Å². The molecule has 2 fully saturated rings. The minimum absolute atomic E-state index is 0.121. The Morgan fingerprint density at radius 1 is 0.850 bits per heavy atom. The van der Waals surface area contributed by atoms with Crippen molar-refractivity contribution in [1.82, 2.24) is 0 Å². The minimum Gasteiger partial charge on any atom is -0.360 e. The summed E-state index contributed by atoms with van der Waals surface area (Å²) in [6.07, 6.45) is 13.6. The van der Waals surface area contributed by atoms with E-state index < -0.39 is 24.6 Å². The molecule has 5 atom stereocenters. The highest BCUT2D eigenvalue weighted by Crippen LogP contribution is 2.33. The molecule has 0 aromatic carbocycles. The molecule has 2 rings (SSSR count). The zero-order valence-electron chi connectivity index (χ0n) is 11.0. The first-order valence-corrected chi connectivity index (χ1v) is 6.24. The van der Waals surface area contributed by atoms with Crippen molar-refractivity contribution in [2.45, 2.75) is 30.7 Å². The second-order valence-corrected chi connectivity index (χ2v) is 4.32. The quantitative estimate of drug-likeness (QED) is 0.629. The summed E-state index contributed by atoms with van der Waals surface area (Å²) in [6.45, 7) is 0.797. The van der Waals surface area contributed by atoms with Crippen molar-refractivity contribution in [3.8, 4) is 37.0 Å². The van der Waals surface area contributed by atoms with E-state index in [1.165, 1.54) is 0 Å². The highest BCUT2D eigenvalue weighted by Gasteiger charge is 2.52. The first-order chi connectivity index (χ1) is 9.81. The fourth-order valence-electron chi connectivity index (χ4n) is 2.34. The second kappa shape index (κ2) is 7.31. The highest BCUT2D eigenvalue weighted by molar-refractivity contribution is 4.99. The van der Waals surface area contributed by atoms with E-state index in [0.29, 0.717) is 6.61 Å². The van der Waals surface area contributed by atoms with Crippen LogP contribution in [0.4, 0.5) is 0 Å². The maximum Gasteiger partial charge on any atom is 0.187 e. The third kappa shape index (κ3) is 3.14. The molecule has 5 heteroatoms. The van der Waals surface area contributed by atoms with E-state index in [9.17, 15) is 0 Å². The Morgan fingerprint density at radius 3 is 2.00 bits per heavy atom. The minimum atomic E-state index is -0.526. The number of hydrogen-bond donors (Lipinski definition) is 0. The van der Waals surface area contributed by atoms with Crippen LogP contribution < -0.4 is 0 Å². The molecule has 0 radical (unpaired) electrons. The van der Waals surface area contributed by atoms with Crippen molar-refractivity contribution in [3.05, 3.63) is 0 Å². The molecule has 0 aromatic rings. The van der Waals surface area contributed by atoms with Gasteiger partial charge in [0.25, 0.3) is 0 Å². The number of rotatable bonds is 6. The molecule has 2 aliphatic rings. The summed E-state index contributed by atoms with van der Waals surface area (Å²) in [5.41, 5.74) is 0. The van der Waals surface area contributed by atoms with Crippen molar-refractivity contribution in [2.24, 2.45) is 0 Å². The average Bonchev–Trinajstić information content (AvgIpc) is 2.89. The zero-order valence-corrected chi connectivity index (χ0v) is 11.0. The molecule has 0 spiro atoms. The molecule has 0 unspecified atom stereocenters. The van der Waals surface area contributed by atoms with Gasteiger partial charge in [-0.2, -0.15) is 0 Å². The van der Waals surface area contributed by atoms with Gasteiger partial charge < -0.3 is 23.7 Å². The molecule has 0 aliphatic carbocycles. The Labute approximate surface area is 118 Å². The number of hydrogen-bond acceptors (Lipinski definition) is 5. The summed E-state index contributed by atoms with van der Waals surface area (Å²) >= 11 is 0. The summed E-state index contributed by atoms with van der Waals surface area (Å²) in [4.78, 5) is 0. The normalized spacial score (nSPS) is 35.0. The van der Waals surface area contributed by atoms with Gasteiger partial charge in [-0.3, -0.25) is 0 Å². The third-order valence-electron chi connectivity index (χ3n) is 3.09. The Morgan fingerprint density at radius 2 is 1.40 bits per heavy atom. The van der Waals surface area contributed by atoms with Crippen molar-refractivity contribution >= 4 is 0 Å².